The Morgan fingerprint density at radius 2 is 2.12 bits per heavy atom. The first-order chi connectivity index (χ1) is 15.3. The predicted molar refractivity (Wildman–Crippen MR) is 123 cm³/mol. The van der Waals surface area contributed by atoms with Crippen molar-refractivity contribution in [2.75, 3.05) is 12.3 Å². The molecule has 6 nitrogen and oxygen atoms in total. The molecule has 1 aliphatic heterocycles. The molecule has 1 saturated heterocycles. The minimum atomic E-state index is -0.629. The number of aromatic nitrogens is 3. The van der Waals surface area contributed by atoms with Gasteiger partial charge in [0.1, 0.15) is 11.9 Å². The van der Waals surface area contributed by atoms with Crippen LogP contribution in [0, 0.1) is 11.2 Å². The number of anilines is 1. The van der Waals surface area contributed by atoms with E-state index in [4.69, 9.17) is 33.7 Å². The molecule has 1 aromatic carbocycles. The topological polar surface area (TPSA) is 78.0 Å². The van der Waals surface area contributed by atoms with Crippen LogP contribution in [0.5, 0.6) is 5.75 Å². The zero-order valence-electron chi connectivity index (χ0n) is 17.6. The second kappa shape index (κ2) is 8.21. The number of benzene rings is 1. The van der Waals surface area contributed by atoms with Crippen molar-refractivity contribution >= 4 is 29.0 Å². The van der Waals surface area contributed by atoms with Crippen molar-refractivity contribution in [3.63, 3.8) is 0 Å². The summed E-state index contributed by atoms with van der Waals surface area (Å²) in [5.74, 6) is 0.0342. The fourth-order valence-corrected chi connectivity index (χ4v) is 5.10. The third-order valence-corrected chi connectivity index (χ3v) is 7.16. The predicted octanol–water partition coefficient (Wildman–Crippen LogP) is 5.26. The standard InChI is InChI=1S/C23H24Cl2FN5O/c1-13(20-17(24)2-3-18(26)21(20)25)32-19-6-14(8-28-22(19)27)15-9-30-31(10-15)11-16-7-23(4-5-23)12-29-16/h2-3,6,8-10,13,16,29H,4-5,7,11-12H2,1H3,(H2,27,28)/t13-,16+/m1/s1. The van der Waals surface area contributed by atoms with E-state index in [0.717, 1.165) is 24.2 Å². The van der Waals surface area contributed by atoms with Crippen molar-refractivity contribution in [3.8, 4) is 16.9 Å². The lowest BCUT2D eigenvalue weighted by Crippen LogP contribution is -2.26. The van der Waals surface area contributed by atoms with E-state index in [0.29, 0.717) is 27.8 Å². The smallest absolute Gasteiger partial charge is 0.166 e. The molecular weight excluding hydrogens is 452 g/mol. The van der Waals surface area contributed by atoms with Gasteiger partial charge in [-0.25, -0.2) is 9.37 Å². The van der Waals surface area contributed by atoms with Crippen molar-refractivity contribution in [2.24, 2.45) is 5.41 Å². The molecule has 3 N–H and O–H groups in total. The van der Waals surface area contributed by atoms with Gasteiger partial charge < -0.3 is 15.8 Å². The van der Waals surface area contributed by atoms with Gasteiger partial charge in [-0.2, -0.15) is 5.10 Å². The van der Waals surface area contributed by atoms with E-state index in [1.165, 1.54) is 31.4 Å². The molecule has 5 rings (SSSR count). The van der Waals surface area contributed by atoms with Gasteiger partial charge in [0.25, 0.3) is 0 Å². The van der Waals surface area contributed by atoms with Gasteiger partial charge >= 0.3 is 0 Å². The molecule has 0 amide bonds. The minimum absolute atomic E-state index is 0.0672. The van der Waals surface area contributed by atoms with Crippen molar-refractivity contribution in [1.29, 1.82) is 0 Å². The Kier molecular flexibility index (Phi) is 5.51. The third-order valence-electron chi connectivity index (χ3n) is 6.45. The maximum absolute atomic E-state index is 13.9. The van der Waals surface area contributed by atoms with Crippen molar-refractivity contribution < 1.29 is 9.13 Å². The average Bonchev–Trinajstić information content (AvgIpc) is 3.16. The van der Waals surface area contributed by atoms with E-state index in [2.05, 4.69) is 15.4 Å². The SMILES string of the molecule is C[C@@H](Oc1cc(-c2cnn(C[C@@H]3CC4(CC4)CN3)c2)cnc1N)c1c(Cl)ccc(F)c1Cl. The van der Waals surface area contributed by atoms with Crippen LogP contribution in [-0.4, -0.2) is 27.4 Å². The number of rotatable bonds is 6. The van der Waals surface area contributed by atoms with Crippen LogP contribution in [0.4, 0.5) is 10.2 Å². The monoisotopic (exact) mass is 475 g/mol. The highest BCUT2D eigenvalue weighted by molar-refractivity contribution is 6.36. The van der Waals surface area contributed by atoms with E-state index in [-0.39, 0.29) is 10.8 Å². The quantitative estimate of drug-likeness (QED) is 0.475. The normalized spacial score (nSPS) is 19.9. The molecule has 3 aromatic rings. The first-order valence-electron chi connectivity index (χ1n) is 10.7. The second-order valence-corrected chi connectivity index (χ2v) is 9.64. The lowest BCUT2D eigenvalue weighted by Gasteiger charge is -2.19. The molecule has 168 valence electrons. The summed E-state index contributed by atoms with van der Waals surface area (Å²) in [5.41, 5.74) is 8.69. The summed E-state index contributed by atoms with van der Waals surface area (Å²) in [6, 6.07) is 4.93. The van der Waals surface area contributed by atoms with E-state index in [1.54, 1.807) is 19.2 Å². The van der Waals surface area contributed by atoms with Gasteiger partial charge in [-0.15, -0.1) is 0 Å². The third kappa shape index (κ3) is 4.17. The number of nitrogen functional groups attached to an aromatic ring is 1. The number of pyridine rings is 1. The van der Waals surface area contributed by atoms with Crippen LogP contribution in [0.1, 0.15) is 37.9 Å². The van der Waals surface area contributed by atoms with Crippen molar-refractivity contribution in [3.05, 3.63) is 58.2 Å². The fourth-order valence-electron chi connectivity index (χ4n) is 4.43. The molecule has 0 unspecified atom stereocenters. The molecule has 1 saturated carbocycles. The molecule has 2 aromatic heterocycles. The molecule has 32 heavy (non-hydrogen) atoms. The number of nitrogens with one attached hydrogen (secondary N) is 1. The summed E-state index contributed by atoms with van der Waals surface area (Å²) in [6.07, 6.45) is 8.76. The highest BCUT2D eigenvalue weighted by Crippen LogP contribution is 2.52. The number of hydrogen-bond donors (Lipinski definition) is 2. The molecule has 1 spiro atoms. The Morgan fingerprint density at radius 1 is 1.31 bits per heavy atom. The summed E-state index contributed by atoms with van der Waals surface area (Å²) in [6.45, 7) is 3.69. The maximum atomic E-state index is 13.9. The van der Waals surface area contributed by atoms with Crippen LogP contribution in [-0.2, 0) is 6.54 Å². The van der Waals surface area contributed by atoms with Gasteiger partial charge in [0.15, 0.2) is 11.6 Å². The molecule has 2 atom stereocenters. The van der Waals surface area contributed by atoms with Gasteiger partial charge in [-0.1, -0.05) is 23.2 Å². The Morgan fingerprint density at radius 3 is 2.88 bits per heavy atom. The Balaban J connectivity index is 1.33. The van der Waals surface area contributed by atoms with Crippen LogP contribution >= 0.6 is 23.2 Å². The van der Waals surface area contributed by atoms with Crippen LogP contribution < -0.4 is 15.8 Å². The van der Waals surface area contributed by atoms with E-state index in [1.807, 2.05) is 17.1 Å². The second-order valence-electron chi connectivity index (χ2n) is 8.86. The average molecular weight is 476 g/mol. The van der Waals surface area contributed by atoms with Gasteiger partial charge in [0.05, 0.1) is 17.8 Å². The zero-order chi connectivity index (χ0) is 22.5. The van der Waals surface area contributed by atoms with E-state index >= 15 is 0 Å². The van der Waals surface area contributed by atoms with E-state index < -0.39 is 11.9 Å². The number of ether oxygens (including phenoxy) is 1. The molecule has 9 heteroatoms. The zero-order valence-corrected chi connectivity index (χ0v) is 19.1. The Bertz CT molecular complexity index is 1160. The summed E-state index contributed by atoms with van der Waals surface area (Å²) in [4.78, 5) is 4.27. The summed E-state index contributed by atoms with van der Waals surface area (Å²) in [5, 5.41) is 8.39. The first-order valence-corrected chi connectivity index (χ1v) is 11.4. The van der Waals surface area contributed by atoms with Gasteiger partial charge in [0.2, 0.25) is 0 Å². The maximum Gasteiger partial charge on any atom is 0.166 e. The number of halogens is 3. The van der Waals surface area contributed by atoms with Gasteiger partial charge in [0, 0.05) is 46.7 Å². The van der Waals surface area contributed by atoms with Crippen molar-refractivity contribution in [2.45, 2.75) is 44.9 Å². The fraction of sp³-hybridized carbons (Fsp3) is 0.391. The van der Waals surface area contributed by atoms with Crippen LogP contribution in [0.2, 0.25) is 10.0 Å². The molecule has 3 heterocycles. The minimum Gasteiger partial charge on any atom is -0.482 e. The molecule has 2 fully saturated rings. The lowest BCUT2D eigenvalue weighted by atomic mass is 10.0. The summed E-state index contributed by atoms with van der Waals surface area (Å²) >= 11 is 12.3. The number of nitrogens with zero attached hydrogens (tertiary/aromatic N) is 3. The number of hydrogen-bond acceptors (Lipinski definition) is 5. The highest BCUT2D eigenvalue weighted by Gasteiger charge is 2.48. The van der Waals surface area contributed by atoms with Crippen molar-refractivity contribution in [1.82, 2.24) is 20.1 Å². The Hall–Kier alpha value is -2.35. The largest absolute Gasteiger partial charge is 0.482 e. The molecule has 0 bridgehead atoms. The van der Waals surface area contributed by atoms with Gasteiger partial charge in [-0.05, 0) is 49.8 Å². The first kappa shape index (κ1) is 21.5. The highest BCUT2D eigenvalue weighted by atomic mass is 35.5. The molecule has 0 radical (unpaired) electrons. The Labute approximate surface area is 195 Å². The summed E-state index contributed by atoms with van der Waals surface area (Å²) in [7, 11) is 0. The van der Waals surface area contributed by atoms with Gasteiger partial charge in [-0.3, -0.25) is 4.68 Å². The molecule has 2 aliphatic rings. The van der Waals surface area contributed by atoms with Crippen LogP contribution in [0.15, 0.2) is 36.8 Å². The lowest BCUT2D eigenvalue weighted by molar-refractivity contribution is 0.227. The van der Waals surface area contributed by atoms with Crippen LogP contribution in [0.25, 0.3) is 11.1 Å². The summed E-state index contributed by atoms with van der Waals surface area (Å²) < 4.78 is 21.9. The van der Waals surface area contributed by atoms with E-state index in [9.17, 15) is 4.39 Å². The number of nitrogens with two attached hydrogens (primary N) is 1. The van der Waals surface area contributed by atoms with Crippen LogP contribution in [0.3, 0.4) is 0 Å². The molecule has 1 aliphatic carbocycles. The molecular formula is C23H24Cl2FN5O.